The number of hydrogen-bond donors (Lipinski definition) is 3. The van der Waals surface area contributed by atoms with Crippen molar-refractivity contribution < 1.29 is 23.2 Å². The summed E-state index contributed by atoms with van der Waals surface area (Å²) in [5.41, 5.74) is 2.79. The highest BCUT2D eigenvalue weighted by Crippen LogP contribution is 2.39. The van der Waals surface area contributed by atoms with Gasteiger partial charge in [0.25, 0.3) is 10.1 Å². The van der Waals surface area contributed by atoms with E-state index < -0.39 is 20.8 Å². The molecule has 0 spiro atoms. The highest BCUT2D eigenvalue weighted by molar-refractivity contribution is 7.86. The van der Waals surface area contributed by atoms with Gasteiger partial charge in [-0.05, 0) is 56.2 Å². The van der Waals surface area contributed by atoms with Gasteiger partial charge in [-0.25, -0.2) is 0 Å². The molecule has 0 atom stereocenters. The number of azo groups is 1. The third-order valence-corrected chi connectivity index (χ3v) is 5.38. The molecule has 3 aromatic rings. The number of aryl methyl sites for hydroxylation is 3. The van der Waals surface area contributed by atoms with Crippen molar-refractivity contribution in [1.29, 1.82) is 0 Å². The lowest BCUT2D eigenvalue weighted by molar-refractivity contribution is 0.434. The first-order chi connectivity index (χ1) is 13.5. The largest absolute Gasteiger partial charge is 0.504 e. The van der Waals surface area contributed by atoms with E-state index in [1.165, 1.54) is 4.68 Å². The summed E-state index contributed by atoms with van der Waals surface area (Å²) in [6.45, 7) is 5.50. The average Bonchev–Trinajstić information content (AvgIpc) is 2.91. The summed E-state index contributed by atoms with van der Waals surface area (Å²) in [6, 6.07) is 7.57. The molecule has 0 saturated heterocycles. The Morgan fingerprint density at radius 1 is 1.03 bits per heavy atom. The second-order valence-corrected chi connectivity index (χ2v) is 8.21. The SMILES string of the molecule is Cc1ccc(-n2nc(C)c(/N=N/c3cc(Cl)cc(S(=O)(=O)O)c3O)c2O)cc1C. The molecule has 1 heterocycles. The fourth-order valence-electron chi connectivity index (χ4n) is 2.60. The van der Waals surface area contributed by atoms with E-state index in [9.17, 15) is 23.2 Å². The zero-order chi connectivity index (χ0) is 21.5. The van der Waals surface area contributed by atoms with Crippen LogP contribution in [-0.4, -0.2) is 33.0 Å². The molecule has 3 rings (SSSR count). The van der Waals surface area contributed by atoms with E-state index in [4.69, 9.17) is 11.6 Å². The topological polar surface area (TPSA) is 137 Å². The summed E-state index contributed by atoms with van der Waals surface area (Å²) in [6.07, 6.45) is 0. The van der Waals surface area contributed by atoms with Crippen molar-refractivity contribution in [3.8, 4) is 17.3 Å². The number of phenolic OH excluding ortho intramolecular Hbond substituents is 1. The van der Waals surface area contributed by atoms with Gasteiger partial charge >= 0.3 is 0 Å². The standard InChI is InChI=1S/C18H17ClN4O5S/c1-9-4-5-13(6-10(9)2)23-18(25)16(11(3)22-23)21-20-14-7-12(19)8-15(17(14)24)29(26,27)28/h4-8,24-25H,1-3H3,(H,26,27,28)/b21-20+. The van der Waals surface area contributed by atoms with Gasteiger partial charge in [0.05, 0.1) is 11.4 Å². The van der Waals surface area contributed by atoms with Crippen molar-refractivity contribution in [2.45, 2.75) is 25.7 Å². The van der Waals surface area contributed by atoms with E-state index in [0.717, 1.165) is 23.3 Å². The second-order valence-electron chi connectivity index (χ2n) is 6.38. The van der Waals surface area contributed by atoms with E-state index in [0.29, 0.717) is 11.4 Å². The molecule has 3 N–H and O–H groups in total. The summed E-state index contributed by atoms with van der Waals surface area (Å²) in [5, 5.41) is 32.4. The third kappa shape index (κ3) is 4.09. The van der Waals surface area contributed by atoms with Crippen LogP contribution in [0.4, 0.5) is 11.4 Å². The van der Waals surface area contributed by atoms with Crippen molar-refractivity contribution in [2.75, 3.05) is 0 Å². The van der Waals surface area contributed by atoms with Gasteiger partial charge in [-0.3, -0.25) is 4.55 Å². The number of hydrogen-bond acceptors (Lipinski definition) is 7. The molecular formula is C18H17ClN4O5S. The molecule has 0 unspecified atom stereocenters. The second kappa shape index (κ2) is 7.47. The predicted molar refractivity (Wildman–Crippen MR) is 107 cm³/mol. The zero-order valence-corrected chi connectivity index (χ0v) is 17.2. The molecule has 9 nitrogen and oxygen atoms in total. The molecule has 0 aliphatic heterocycles. The van der Waals surface area contributed by atoms with Crippen molar-refractivity contribution in [1.82, 2.24) is 9.78 Å². The molecule has 0 aliphatic rings. The van der Waals surface area contributed by atoms with Crippen LogP contribution in [0.15, 0.2) is 45.5 Å². The number of benzene rings is 2. The minimum Gasteiger partial charge on any atom is -0.504 e. The van der Waals surface area contributed by atoms with Crippen molar-refractivity contribution >= 4 is 33.1 Å². The molecule has 29 heavy (non-hydrogen) atoms. The Morgan fingerprint density at radius 2 is 1.72 bits per heavy atom. The number of phenols is 1. The molecule has 0 bridgehead atoms. The smallest absolute Gasteiger partial charge is 0.298 e. The van der Waals surface area contributed by atoms with Crippen LogP contribution in [-0.2, 0) is 10.1 Å². The Kier molecular flexibility index (Phi) is 5.35. The summed E-state index contributed by atoms with van der Waals surface area (Å²) in [5.74, 6) is -1.11. The Hall–Kier alpha value is -2.95. The van der Waals surface area contributed by atoms with Crippen molar-refractivity contribution in [3.63, 3.8) is 0 Å². The van der Waals surface area contributed by atoms with Crippen LogP contribution >= 0.6 is 11.6 Å². The summed E-state index contributed by atoms with van der Waals surface area (Å²) < 4.78 is 33.2. The van der Waals surface area contributed by atoms with E-state index in [1.807, 2.05) is 26.0 Å². The zero-order valence-electron chi connectivity index (χ0n) is 15.6. The maximum absolute atomic E-state index is 11.4. The van der Waals surface area contributed by atoms with Crippen LogP contribution in [0.5, 0.6) is 11.6 Å². The highest BCUT2D eigenvalue weighted by Gasteiger charge is 2.21. The number of nitrogens with zero attached hydrogens (tertiary/aromatic N) is 4. The van der Waals surface area contributed by atoms with E-state index in [2.05, 4.69) is 15.3 Å². The Bertz CT molecular complexity index is 1250. The number of rotatable bonds is 4. The van der Waals surface area contributed by atoms with E-state index >= 15 is 0 Å². The van der Waals surface area contributed by atoms with Crippen LogP contribution in [0.2, 0.25) is 5.02 Å². The highest BCUT2D eigenvalue weighted by atomic mass is 35.5. The summed E-state index contributed by atoms with van der Waals surface area (Å²) in [4.78, 5) is -0.800. The molecule has 1 aromatic heterocycles. The van der Waals surface area contributed by atoms with Crippen LogP contribution in [0.25, 0.3) is 5.69 Å². The lowest BCUT2D eigenvalue weighted by Crippen LogP contribution is -1.98. The monoisotopic (exact) mass is 436 g/mol. The lowest BCUT2D eigenvalue weighted by atomic mass is 10.1. The number of aromatic hydroxyl groups is 2. The molecule has 152 valence electrons. The first-order valence-electron chi connectivity index (χ1n) is 8.27. The van der Waals surface area contributed by atoms with Crippen molar-refractivity contribution in [3.05, 3.63) is 52.2 Å². The summed E-state index contributed by atoms with van der Waals surface area (Å²) >= 11 is 5.83. The minimum atomic E-state index is -4.72. The van der Waals surface area contributed by atoms with Gasteiger partial charge in [0.15, 0.2) is 11.4 Å². The third-order valence-electron chi connectivity index (χ3n) is 4.30. The van der Waals surface area contributed by atoms with Gasteiger partial charge in [0.2, 0.25) is 5.88 Å². The molecule has 2 aromatic carbocycles. The number of halogens is 1. The van der Waals surface area contributed by atoms with E-state index in [1.54, 1.807) is 13.0 Å². The van der Waals surface area contributed by atoms with Crippen LogP contribution in [0.3, 0.4) is 0 Å². The summed E-state index contributed by atoms with van der Waals surface area (Å²) in [7, 11) is -4.72. The van der Waals surface area contributed by atoms with Gasteiger partial charge in [0, 0.05) is 5.02 Å². The van der Waals surface area contributed by atoms with Gasteiger partial charge in [0.1, 0.15) is 10.6 Å². The number of aromatic nitrogens is 2. The first-order valence-corrected chi connectivity index (χ1v) is 10.1. The molecule has 0 saturated carbocycles. The molecule has 0 fully saturated rings. The minimum absolute atomic E-state index is 0.0241. The van der Waals surface area contributed by atoms with Crippen LogP contribution in [0.1, 0.15) is 16.8 Å². The van der Waals surface area contributed by atoms with Gasteiger partial charge in [-0.1, -0.05) is 17.7 Å². The van der Waals surface area contributed by atoms with Gasteiger partial charge < -0.3 is 10.2 Å². The first kappa shape index (κ1) is 20.8. The maximum atomic E-state index is 11.4. The fourth-order valence-corrected chi connectivity index (χ4v) is 3.50. The predicted octanol–water partition coefficient (Wildman–Crippen LogP) is 4.52. The molecule has 11 heteroatoms. The average molecular weight is 437 g/mol. The Labute approximate surface area is 171 Å². The van der Waals surface area contributed by atoms with E-state index in [-0.39, 0.29) is 22.3 Å². The molecule has 0 amide bonds. The quantitative estimate of drug-likeness (QED) is 0.406. The van der Waals surface area contributed by atoms with Gasteiger partial charge in [-0.2, -0.15) is 18.2 Å². The van der Waals surface area contributed by atoms with Crippen LogP contribution in [0, 0.1) is 20.8 Å². The lowest BCUT2D eigenvalue weighted by Gasteiger charge is -2.06. The molecule has 0 aliphatic carbocycles. The van der Waals surface area contributed by atoms with Crippen LogP contribution < -0.4 is 0 Å². The normalized spacial score (nSPS) is 12.0. The Morgan fingerprint density at radius 3 is 2.34 bits per heavy atom. The Balaban J connectivity index is 2.06. The fraction of sp³-hybridized carbons (Fsp3) is 0.167. The maximum Gasteiger partial charge on any atom is 0.298 e. The van der Waals surface area contributed by atoms with Gasteiger partial charge in [-0.15, -0.1) is 10.2 Å². The van der Waals surface area contributed by atoms with Crippen molar-refractivity contribution in [2.24, 2.45) is 10.2 Å². The molecular weight excluding hydrogens is 420 g/mol. The molecule has 0 radical (unpaired) electrons.